The van der Waals surface area contributed by atoms with Crippen molar-refractivity contribution in [2.24, 2.45) is 23.7 Å². The fourth-order valence-corrected chi connectivity index (χ4v) is 4.84. The predicted molar refractivity (Wildman–Crippen MR) is 115 cm³/mol. The third kappa shape index (κ3) is 4.51. The number of aliphatic hydroxyl groups excluding tert-OH is 1. The summed E-state index contributed by atoms with van der Waals surface area (Å²) in [4.78, 5) is 41.1. The molecule has 1 aromatic carbocycles. The Labute approximate surface area is 183 Å². The van der Waals surface area contributed by atoms with Crippen LogP contribution < -0.4 is 5.32 Å². The van der Waals surface area contributed by atoms with Gasteiger partial charge in [-0.1, -0.05) is 56.3 Å². The lowest BCUT2D eigenvalue weighted by atomic mass is 9.70. The Morgan fingerprint density at radius 1 is 1.19 bits per heavy atom. The van der Waals surface area contributed by atoms with Crippen molar-refractivity contribution in [3.05, 3.63) is 48.0 Å². The Morgan fingerprint density at radius 3 is 2.52 bits per heavy atom. The molecule has 0 radical (unpaired) electrons. The van der Waals surface area contributed by atoms with Crippen LogP contribution in [0.2, 0.25) is 0 Å². The van der Waals surface area contributed by atoms with Gasteiger partial charge in [-0.3, -0.25) is 14.4 Å². The van der Waals surface area contributed by atoms with E-state index in [0.717, 1.165) is 5.56 Å². The highest BCUT2D eigenvalue weighted by Crippen LogP contribution is 2.45. The van der Waals surface area contributed by atoms with Gasteiger partial charge in [-0.15, -0.1) is 0 Å². The smallest absolute Gasteiger partial charge is 0.310 e. The van der Waals surface area contributed by atoms with Gasteiger partial charge in [0, 0.05) is 12.5 Å². The van der Waals surface area contributed by atoms with Crippen LogP contribution in [0.15, 0.2) is 42.5 Å². The number of rotatable bonds is 8. The van der Waals surface area contributed by atoms with Gasteiger partial charge in [-0.05, 0) is 24.8 Å². The lowest BCUT2D eigenvalue weighted by molar-refractivity contribution is -0.155. The van der Waals surface area contributed by atoms with Crippen molar-refractivity contribution >= 4 is 17.8 Å². The van der Waals surface area contributed by atoms with Gasteiger partial charge in [0.1, 0.15) is 6.04 Å². The fraction of sp³-hybridized carbons (Fsp3) is 0.542. The van der Waals surface area contributed by atoms with E-state index in [1.807, 2.05) is 56.3 Å². The lowest BCUT2D eigenvalue weighted by Crippen LogP contribution is -2.52. The van der Waals surface area contributed by atoms with E-state index in [-0.39, 0.29) is 30.9 Å². The van der Waals surface area contributed by atoms with Crippen LogP contribution in [0, 0.1) is 23.7 Å². The van der Waals surface area contributed by atoms with Crippen molar-refractivity contribution < 1.29 is 24.2 Å². The molecule has 0 saturated carbocycles. The Bertz CT molecular complexity index is 821. The molecule has 0 aromatic heterocycles. The van der Waals surface area contributed by atoms with Gasteiger partial charge in [0.15, 0.2) is 0 Å². The molecule has 168 valence electrons. The number of carbonyl (C=O) groups excluding carboxylic acids is 3. The summed E-state index contributed by atoms with van der Waals surface area (Å²) in [6.07, 6.45) is 4.30. The Kier molecular flexibility index (Phi) is 7.49. The second kappa shape index (κ2) is 10.1. The monoisotopic (exact) mass is 428 g/mol. The SMILES string of the molecule is CCOC(=O)[C@H]1[C@H]2C(=O)N([C@@H](CC)CO)[C@H](C(=O)NCc3ccccc3)[C@H]2C=C[C@H]1C. The van der Waals surface area contributed by atoms with Gasteiger partial charge in [0.05, 0.1) is 31.1 Å². The third-order valence-corrected chi connectivity index (χ3v) is 6.42. The number of likely N-dealkylation sites (tertiary alicyclic amines) is 1. The van der Waals surface area contributed by atoms with E-state index in [1.54, 1.807) is 6.92 Å². The predicted octanol–water partition coefficient (Wildman–Crippen LogP) is 1.90. The van der Waals surface area contributed by atoms with Crippen LogP contribution in [0.5, 0.6) is 0 Å². The number of fused-ring (bicyclic) bond motifs is 1. The fourth-order valence-electron chi connectivity index (χ4n) is 4.84. The highest BCUT2D eigenvalue weighted by molar-refractivity contribution is 5.96. The van der Waals surface area contributed by atoms with Crippen LogP contribution in [0.4, 0.5) is 0 Å². The molecule has 0 unspecified atom stereocenters. The van der Waals surface area contributed by atoms with Gasteiger partial charge >= 0.3 is 5.97 Å². The number of benzene rings is 1. The molecule has 2 N–H and O–H groups in total. The molecular formula is C24H32N2O5. The van der Waals surface area contributed by atoms with Crippen LogP contribution in [0.3, 0.4) is 0 Å². The molecule has 6 atom stereocenters. The first-order valence-electron chi connectivity index (χ1n) is 11.0. The number of allylic oxidation sites excluding steroid dienone is 1. The summed E-state index contributed by atoms with van der Waals surface area (Å²) in [5.74, 6) is -2.90. The second-order valence-corrected chi connectivity index (χ2v) is 8.26. The van der Waals surface area contributed by atoms with Crippen molar-refractivity contribution in [3.63, 3.8) is 0 Å². The molecule has 2 amide bonds. The topological polar surface area (TPSA) is 95.9 Å². The molecule has 7 nitrogen and oxygen atoms in total. The average Bonchev–Trinajstić information content (AvgIpc) is 3.06. The first kappa shape index (κ1) is 23.0. The van der Waals surface area contributed by atoms with Crippen molar-refractivity contribution in [1.29, 1.82) is 0 Å². The zero-order valence-corrected chi connectivity index (χ0v) is 18.4. The number of aliphatic hydroxyl groups is 1. The van der Waals surface area contributed by atoms with Gasteiger partial charge in [-0.25, -0.2) is 0 Å². The number of hydrogen-bond acceptors (Lipinski definition) is 5. The average molecular weight is 429 g/mol. The normalized spacial score (nSPS) is 28.2. The molecule has 31 heavy (non-hydrogen) atoms. The van der Waals surface area contributed by atoms with Crippen molar-refractivity contribution in [2.45, 2.75) is 45.8 Å². The van der Waals surface area contributed by atoms with Gasteiger partial charge in [0.2, 0.25) is 11.8 Å². The van der Waals surface area contributed by atoms with Crippen LogP contribution in [-0.2, 0) is 25.7 Å². The number of ether oxygens (including phenoxy) is 1. The number of amides is 2. The van der Waals surface area contributed by atoms with Crippen LogP contribution >= 0.6 is 0 Å². The quantitative estimate of drug-likeness (QED) is 0.487. The number of nitrogens with zero attached hydrogens (tertiary/aromatic N) is 1. The molecule has 7 heteroatoms. The largest absolute Gasteiger partial charge is 0.466 e. The zero-order valence-electron chi connectivity index (χ0n) is 18.4. The molecule has 1 aromatic rings. The molecule has 1 aliphatic heterocycles. The Hall–Kier alpha value is -2.67. The summed E-state index contributed by atoms with van der Waals surface area (Å²) in [6.45, 7) is 5.82. The zero-order chi connectivity index (χ0) is 22.5. The summed E-state index contributed by atoms with van der Waals surface area (Å²) < 4.78 is 5.26. The molecule has 2 aliphatic rings. The molecule has 1 aliphatic carbocycles. The Morgan fingerprint density at radius 2 is 1.90 bits per heavy atom. The maximum atomic E-state index is 13.5. The van der Waals surface area contributed by atoms with E-state index in [4.69, 9.17) is 4.74 Å². The number of esters is 1. The minimum atomic E-state index is -0.779. The number of carbonyl (C=O) groups is 3. The second-order valence-electron chi connectivity index (χ2n) is 8.26. The van der Waals surface area contributed by atoms with E-state index in [1.165, 1.54) is 4.90 Å². The molecule has 0 spiro atoms. The van der Waals surface area contributed by atoms with E-state index >= 15 is 0 Å². The minimum Gasteiger partial charge on any atom is -0.466 e. The molecular weight excluding hydrogens is 396 g/mol. The highest BCUT2D eigenvalue weighted by Gasteiger charge is 2.58. The summed E-state index contributed by atoms with van der Waals surface area (Å²) >= 11 is 0. The van der Waals surface area contributed by atoms with Gasteiger partial charge in [-0.2, -0.15) is 0 Å². The summed E-state index contributed by atoms with van der Waals surface area (Å²) in [5, 5.41) is 12.9. The third-order valence-electron chi connectivity index (χ3n) is 6.42. The van der Waals surface area contributed by atoms with Crippen LogP contribution in [0.1, 0.15) is 32.8 Å². The van der Waals surface area contributed by atoms with Crippen LogP contribution in [0.25, 0.3) is 0 Å². The molecule has 1 fully saturated rings. The van der Waals surface area contributed by atoms with Crippen molar-refractivity contribution in [1.82, 2.24) is 10.2 Å². The van der Waals surface area contributed by atoms with E-state index < -0.39 is 35.8 Å². The van der Waals surface area contributed by atoms with Crippen molar-refractivity contribution in [2.75, 3.05) is 13.2 Å². The molecule has 3 rings (SSSR count). The maximum Gasteiger partial charge on any atom is 0.310 e. The number of nitrogens with one attached hydrogen (secondary N) is 1. The maximum absolute atomic E-state index is 13.5. The minimum absolute atomic E-state index is 0.175. The summed E-state index contributed by atoms with van der Waals surface area (Å²) in [6, 6.07) is 8.28. The van der Waals surface area contributed by atoms with E-state index in [9.17, 15) is 19.5 Å². The molecule has 1 heterocycles. The number of hydrogen-bond donors (Lipinski definition) is 2. The Balaban J connectivity index is 1.92. The first-order chi connectivity index (χ1) is 14.9. The van der Waals surface area contributed by atoms with E-state index in [0.29, 0.717) is 13.0 Å². The summed E-state index contributed by atoms with van der Waals surface area (Å²) in [7, 11) is 0. The van der Waals surface area contributed by atoms with Gasteiger partial charge in [0.25, 0.3) is 0 Å². The van der Waals surface area contributed by atoms with E-state index in [2.05, 4.69) is 5.32 Å². The van der Waals surface area contributed by atoms with Gasteiger partial charge < -0.3 is 20.1 Å². The standard InChI is InChI=1S/C24H32N2O5/c1-4-17(14-27)26-21(22(28)25-13-16-9-7-6-8-10-16)18-12-11-15(3)19(20(18)23(26)29)24(30)31-5-2/h6-12,15,17-21,27H,4-5,13-14H2,1-3H3,(H,25,28)/t15-,17+,18+,19-,20+,21+/m1/s1. The lowest BCUT2D eigenvalue weighted by Gasteiger charge is -2.33. The molecule has 1 saturated heterocycles. The first-order valence-corrected chi connectivity index (χ1v) is 11.0. The summed E-state index contributed by atoms with van der Waals surface area (Å²) in [5.41, 5.74) is 0.953. The van der Waals surface area contributed by atoms with Crippen molar-refractivity contribution in [3.8, 4) is 0 Å². The molecule has 0 bridgehead atoms. The van der Waals surface area contributed by atoms with Crippen LogP contribution in [-0.4, -0.2) is 53.1 Å². The highest BCUT2D eigenvalue weighted by atomic mass is 16.5.